The second-order valence-corrected chi connectivity index (χ2v) is 14.0. The zero-order chi connectivity index (χ0) is 31.9. The average molecular weight is 617 g/mol. The summed E-state index contributed by atoms with van der Waals surface area (Å²) in [6.07, 6.45) is 0. The van der Waals surface area contributed by atoms with Crippen molar-refractivity contribution in [3.8, 4) is 45.3 Å². The van der Waals surface area contributed by atoms with Gasteiger partial charge in [-0.25, -0.2) is 9.98 Å². The topological polar surface area (TPSA) is 61.6 Å². The highest BCUT2D eigenvalue weighted by Gasteiger charge is 2.41. The standard InChI is InChI=1S/C40H33BN2O4/c1-39(2)22-44-37(42-39)26-12-5-10-24(20-26)28-14-7-16-30-35(28)46-32-18-9-19-33-34(32)41(30)31-17-8-15-29(36(31)47-33)25-11-6-13-27(21-25)38-43-40(3,4)23-45-38/h5-21H,22-23H2,1-4H3. The van der Waals surface area contributed by atoms with Crippen molar-refractivity contribution < 1.29 is 18.9 Å². The molecule has 0 unspecified atom stereocenters. The Bertz CT molecular complexity index is 2030. The highest BCUT2D eigenvalue weighted by Crippen LogP contribution is 2.42. The van der Waals surface area contributed by atoms with E-state index >= 15 is 0 Å². The van der Waals surface area contributed by atoms with Gasteiger partial charge in [0.2, 0.25) is 11.8 Å². The van der Waals surface area contributed by atoms with Crippen LogP contribution in [0.15, 0.2) is 113 Å². The molecule has 0 radical (unpaired) electrons. The Balaban J connectivity index is 1.17. The maximum atomic E-state index is 6.76. The van der Waals surface area contributed by atoms with Gasteiger partial charge in [-0.2, -0.15) is 0 Å². The second-order valence-electron chi connectivity index (χ2n) is 14.0. The Morgan fingerprint density at radius 2 is 0.957 bits per heavy atom. The number of aliphatic imine (C=N–C) groups is 2. The summed E-state index contributed by atoms with van der Waals surface area (Å²) < 4.78 is 25.5. The molecule has 9 rings (SSSR count). The smallest absolute Gasteiger partial charge is 0.260 e. The lowest BCUT2D eigenvalue weighted by molar-refractivity contribution is 0.279. The molecule has 0 fully saturated rings. The summed E-state index contributed by atoms with van der Waals surface area (Å²) >= 11 is 0. The van der Waals surface area contributed by atoms with Crippen molar-refractivity contribution in [3.63, 3.8) is 0 Å². The van der Waals surface area contributed by atoms with Gasteiger partial charge in [0.05, 0.1) is 11.1 Å². The molecule has 0 atom stereocenters. The Labute approximate surface area is 274 Å². The minimum atomic E-state index is -0.228. The van der Waals surface area contributed by atoms with E-state index in [0.29, 0.717) is 25.0 Å². The van der Waals surface area contributed by atoms with E-state index in [-0.39, 0.29) is 17.8 Å². The van der Waals surface area contributed by atoms with E-state index in [1.54, 1.807) is 0 Å². The average Bonchev–Trinajstić information content (AvgIpc) is 3.64. The maximum Gasteiger partial charge on any atom is 0.260 e. The zero-order valence-electron chi connectivity index (χ0n) is 26.8. The van der Waals surface area contributed by atoms with E-state index in [2.05, 4.69) is 113 Å². The largest absolute Gasteiger partial charge is 0.475 e. The number of para-hydroxylation sites is 2. The van der Waals surface area contributed by atoms with E-state index in [1.165, 1.54) is 0 Å². The summed E-state index contributed by atoms with van der Waals surface area (Å²) in [6.45, 7) is 9.44. The highest BCUT2D eigenvalue weighted by molar-refractivity contribution is 6.98. The lowest BCUT2D eigenvalue weighted by Gasteiger charge is -2.34. The number of rotatable bonds is 4. The first-order valence-corrected chi connectivity index (χ1v) is 16.1. The molecule has 7 heteroatoms. The second kappa shape index (κ2) is 10.1. The molecule has 6 nitrogen and oxygen atoms in total. The van der Waals surface area contributed by atoms with Crippen molar-refractivity contribution in [2.24, 2.45) is 9.98 Å². The third kappa shape index (κ3) is 4.63. The minimum absolute atomic E-state index is 0.0633. The molecule has 0 bridgehead atoms. The van der Waals surface area contributed by atoms with E-state index in [4.69, 9.17) is 28.9 Å². The van der Waals surface area contributed by atoms with Crippen molar-refractivity contribution in [1.82, 2.24) is 0 Å². The molecule has 0 aromatic heterocycles. The van der Waals surface area contributed by atoms with Crippen LogP contribution in [-0.4, -0.2) is 42.8 Å². The van der Waals surface area contributed by atoms with E-state index < -0.39 is 0 Å². The van der Waals surface area contributed by atoms with Gasteiger partial charge in [0.15, 0.2) is 0 Å². The SMILES string of the molecule is CC1(C)COC(c2cccc(-c3cccc4c3Oc3cccc5c3B4c3cccc(-c4cccc(C6=NC(C)(C)CO6)c4)c3O5)c2)=N1. The van der Waals surface area contributed by atoms with Crippen LogP contribution in [-0.2, 0) is 9.47 Å². The van der Waals surface area contributed by atoms with Gasteiger partial charge in [0, 0.05) is 27.7 Å². The minimum Gasteiger partial charge on any atom is -0.475 e. The van der Waals surface area contributed by atoms with Gasteiger partial charge < -0.3 is 18.9 Å². The van der Waals surface area contributed by atoms with Crippen molar-refractivity contribution in [2.75, 3.05) is 13.2 Å². The predicted molar refractivity (Wildman–Crippen MR) is 188 cm³/mol. The third-order valence-electron chi connectivity index (χ3n) is 9.23. The fraction of sp³-hybridized carbons (Fsp3) is 0.200. The van der Waals surface area contributed by atoms with E-state index in [1.807, 2.05) is 18.2 Å². The van der Waals surface area contributed by atoms with Crippen LogP contribution in [0.2, 0.25) is 0 Å². The molecular weight excluding hydrogens is 583 g/mol. The molecule has 0 amide bonds. The molecule has 5 aromatic rings. The zero-order valence-corrected chi connectivity index (χ0v) is 26.8. The predicted octanol–water partition coefficient (Wildman–Crippen LogP) is 6.86. The third-order valence-corrected chi connectivity index (χ3v) is 9.23. The van der Waals surface area contributed by atoms with Crippen LogP contribution in [0, 0.1) is 0 Å². The normalized spacial score (nSPS) is 17.6. The lowest BCUT2D eigenvalue weighted by Crippen LogP contribution is -2.57. The molecule has 0 spiro atoms. The molecule has 0 aliphatic carbocycles. The summed E-state index contributed by atoms with van der Waals surface area (Å²) in [5, 5.41) is 0. The first-order valence-electron chi connectivity index (χ1n) is 16.1. The van der Waals surface area contributed by atoms with Gasteiger partial charge in [0.25, 0.3) is 6.71 Å². The Morgan fingerprint density at radius 1 is 0.532 bits per heavy atom. The Morgan fingerprint density at radius 3 is 1.40 bits per heavy atom. The first-order chi connectivity index (χ1) is 22.7. The number of nitrogens with zero attached hydrogens (tertiary/aromatic N) is 2. The lowest BCUT2D eigenvalue weighted by atomic mass is 9.34. The fourth-order valence-corrected chi connectivity index (χ4v) is 7.04. The molecule has 47 heavy (non-hydrogen) atoms. The van der Waals surface area contributed by atoms with Crippen molar-refractivity contribution in [2.45, 2.75) is 38.8 Å². The van der Waals surface area contributed by atoms with Gasteiger partial charge in [-0.1, -0.05) is 66.7 Å². The van der Waals surface area contributed by atoms with Crippen LogP contribution in [0.5, 0.6) is 23.0 Å². The van der Waals surface area contributed by atoms with Crippen LogP contribution in [0.1, 0.15) is 38.8 Å². The number of fused-ring (bicyclic) bond motifs is 4. The number of ether oxygens (including phenoxy) is 4. The van der Waals surface area contributed by atoms with Crippen molar-refractivity contribution >= 4 is 34.9 Å². The Kier molecular flexibility index (Phi) is 6.01. The van der Waals surface area contributed by atoms with E-state index in [0.717, 1.165) is 72.8 Å². The summed E-state index contributed by atoms with van der Waals surface area (Å²) in [6, 6.07) is 35.7. The summed E-state index contributed by atoms with van der Waals surface area (Å²) in [4.78, 5) is 9.63. The highest BCUT2D eigenvalue weighted by atomic mass is 16.5. The quantitative estimate of drug-likeness (QED) is 0.203. The first kappa shape index (κ1) is 28.0. The van der Waals surface area contributed by atoms with Gasteiger partial charge in [-0.15, -0.1) is 0 Å². The summed E-state index contributed by atoms with van der Waals surface area (Å²) in [5.74, 6) is 4.70. The number of hydrogen-bond acceptors (Lipinski definition) is 6. The van der Waals surface area contributed by atoms with E-state index in [9.17, 15) is 0 Å². The molecule has 4 aliphatic rings. The number of hydrogen-bond donors (Lipinski definition) is 0. The molecule has 0 saturated heterocycles. The monoisotopic (exact) mass is 616 g/mol. The van der Waals surface area contributed by atoms with Crippen molar-refractivity contribution in [3.05, 3.63) is 114 Å². The maximum absolute atomic E-state index is 6.76. The molecule has 4 heterocycles. The molecule has 0 saturated carbocycles. The van der Waals surface area contributed by atoms with Crippen LogP contribution in [0.25, 0.3) is 22.3 Å². The van der Waals surface area contributed by atoms with Crippen LogP contribution >= 0.6 is 0 Å². The van der Waals surface area contributed by atoms with Gasteiger partial charge >= 0.3 is 0 Å². The fourth-order valence-electron chi connectivity index (χ4n) is 7.04. The molecular formula is C40H33BN2O4. The van der Waals surface area contributed by atoms with Crippen LogP contribution in [0.3, 0.4) is 0 Å². The van der Waals surface area contributed by atoms with Crippen LogP contribution < -0.4 is 25.9 Å². The Hall–Kier alpha value is -5.30. The summed E-state index contributed by atoms with van der Waals surface area (Å²) in [5.41, 5.74) is 8.88. The molecule has 230 valence electrons. The van der Waals surface area contributed by atoms with Gasteiger partial charge in [-0.3, -0.25) is 0 Å². The molecule has 5 aromatic carbocycles. The summed E-state index contributed by atoms with van der Waals surface area (Å²) in [7, 11) is 0. The molecule has 4 aliphatic heterocycles. The molecule has 0 N–H and O–H groups in total. The van der Waals surface area contributed by atoms with Gasteiger partial charge in [0.1, 0.15) is 36.2 Å². The van der Waals surface area contributed by atoms with Gasteiger partial charge in [-0.05, 0) is 86.1 Å². The number of benzene rings is 5. The van der Waals surface area contributed by atoms with Crippen molar-refractivity contribution in [1.29, 1.82) is 0 Å². The van der Waals surface area contributed by atoms with Crippen LogP contribution in [0.4, 0.5) is 0 Å².